The largest absolute Gasteiger partial charge is 0.353 e. The molecule has 0 radical (unpaired) electrons. The molecule has 0 saturated heterocycles. The van der Waals surface area contributed by atoms with Crippen LogP contribution in [0.1, 0.15) is 25.1 Å². The molecule has 0 atom stereocenters. The van der Waals surface area contributed by atoms with Crippen molar-refractivity contribution in [1.29, 1.82) is 0 Å². The van der Waals surface area contributed by atoms with Gasteiger partial charge in [0.2, 0.25) is 0 Å². The molecule has 2 aromatic heterocycles. The van der Waals surface area contributed by atoms with E-state index in [1.54, 1.807) is 6.33 Å². The van der Waals surface area contributed by atoms with Gasteiger partial charge in [0.1, 0.15) is 12.1 Å². The molecule has 0 aromatic carbocycles. The fourth-order valence-electron chi connectivity index (χ4n) is 2.40. The summed E-state index contributed by atoms with van der Waals surface area (Å²) in [5.74, 6) is 1.87. The van der Waals surface area contributed by atoms with Gasteiger partial charge in [0.15, 0.2) is 0 Å². The van der Waals surface area contributed by atoms with Gasteiger partial charge in [-0.1, -0.05) is 0 Å². The second-order valence-corrected chi connectivity index (χ2v) is 4.51. The lowest BCUT2D eigenvalue weighted by Gasteiger charge is -2.23. The van der Waals surface area contributed by atoms with Crippen LogP contribution in [0.15, 0.2) is 6.33 Å². The molecule has 0 fully saturated rings. The summed E-state index contributed by atoms with van der Waals surface area (Å²) < 4.78 is 1.86. The van der Waals surface area contributed by atoms with E-state index in [9.17, 15) is 0 Å². The van der Waals surface area contributed by atoms with Crippen LogP contribution in [0.25, 0.3) is 5.78 Å². The number of rotatable bonds is 1. The lowest BCUT2D eigenvalue weighted by Crippen LogP contribution is -2.30. The Hall–Kier alpha value is -1.65. The maximum atomic E-state index is 4.46. The third-order valence-electron chi connectivity index (χ3n) is 3.20. The molecule has 16 heavy (non-hydrogen) atoms. The zero-order valence-corrected chi connectivity index (χ0v) is 9.80. The maximum Gasteiger partial charge on any atom is 0.254 e. The summed E-state index contributed by atoms with van der Waals surface area (Å²) in [6, 6.07) is 0.482. The van der Waals surface area contributed by atoms with Gasteiger partial charge >= 0.3 is 0 Å². The molecular formula is C11H15N5. The minimum atomic E-state index is 0.482. The van der Waals surface area contributed by atoms with Gasteiger partial charge in [0.05, 0.1) is 0 Å². The highest BCUT2D eigenvalue weighted by atomic mass is 15.4. The molecule has 0 spiro atoms. The highest BCUT2D eigenvalue weighted by molar-refractivity contribution is 5.58. The van der Waals surface area contributed by atoms with Gasteiger partial charge < -0.3 is 4.90 Å². The number of fused-ring (bicyclic) bond motifs is 3. The molecule has 1 aliphatic rings. The molecule has 2 aromatic rings. The van der Waals surface area contributed by atoms with Crippen molar-refractivity contribution in [2.24, 2.45) is 0 Å². The van der Waals surface area contributed by atoms with Crippen molar-refractivity contribution in [2.75, 3.05) is 11.4 Å². The van der Waals surface area contributed by atoms with Crippen molar-refractivity contribution in [3.63, 3.8) is 0 Å². The molecule has 5 nitrogen and oxygen atoms in total. The molecule has 84 valence electrons. The van der Waals surface area contributed by atoms with E-state index < -0.39 is 0 Å². The maximum absolute atomic E-state index is 4.46. The average molecular weight is 217 g/mol. The van der Waals surface area contributed by atoms with E-state index >= 15 is 0 Å². The second kappa shape index (κ2) is 3.17. The Morgan fingerprint density at radius 1 is 1.38 bits per heavy atom. The van der Waals surface area contributed by atoms with Crippen molar-refractivity contribution < 1.29 is 0 Å². The summed E-state index contributed by atoms with van der Waals surface area (Å²) in [5.41, 5.74) is 2.39. The van der Waals surface area contributed by atoms with Crippen LogP contribution in [0.3, 0.4) is 0 Å². The Bertz CT molecular complexity index is 543. The predicted octanol–water partition coefficient (Wildman–Crippen LogP) is 1.20. The third kappa shape index (κ3) is 1.14. The van der Waals surface area contributed by atoms with E-state index in [4.69, 9.17) is 0 Å². The SMILES string of the molecule is Cc1nc2ncnn2c2c1CCN2C(C)C. The van der Waals surface area contributed by atoms with Gasteiger partial charge in [-0.05, 0) is 27.2 Å². The fourth-order valence-corrected chi connectivity index (χ4v) is 2.40. The number of hydrogen-bond acceptors (Lipinski definition) is 4. The topological polar surface area (TPSA) is 46.3 Å². The summed E-state index contributed by atoms with van der Waals surface area (Å²) in [4.78, 5) is 11.0. The van der Waals surface area contributed by atoms with Crippen molar-refractivity contribution in [2.45, 2.75) is 33.2 Å². The van der Waals surface area contributed by atoms with Gasteiger partial charge in [0.25, 0.3) is 5.78 Å². The summed E-state index contributed by atoms with van der Waals surface area (Å²) in [6.45, 7) is 7.51. The van der Waals surface area contributed by atoms with Gasteiger partial charge in [-0.15, -0.1) is 0 Å². The molecule has 1 aliphatic heterocycles. The zero-order chi connectivity index (χ0) is 11.3. The molecule has 5 heteroatoms. The monoisotopic (exact) mass is 217 g/mol. The Labute approximate surface area is 94.1 Å². The minimum absolute atomic E-state index is 0.482. The molecule has 3 heterocycles. The molecule has 0 aliphatic carbocycles. The normalized spacial score (nSPS) is 15.1. The van der Waals surface area contributed by atoms with Gasteiger partial charge in [-0.25, -0.2) is 4.98 Å². The van der Waals surface area contributed by atoms with Crippen molar-refractivity contribution in [3.8, 4) is 0 Å². The Morgan fingerprint density at radius 2 is 2.19 bits per heavy atom. The average Bonchev–Trinajstić information content (AvgIpc) is 2.80. The van der Waals surface area contributed by atoms with E-state index in [-0.39, 0.29) is 0 Å². The van der Waals surface area contributed by atoms with Crippen LogP contribution >= 0.6 is 0 Å². The smallest absolute Gasteiger partial charge is 0.254 e. The predicted molar refractivity (Wildman–Crippen MR) is 61.7 cm³/mol. The van der Waals surface area contributed by atoms with E-state index in [0.717, 1.165) is 18.7 Å². The van der Waals surface area contributed by atoms with E-state index in [1.807, 2.05) is 4.52 Å². The number of anilines is 1. The third-order valence-corrected chi connectivity index (χ3v) is 3.20. The standard InChI is InChI=1S/C11H15N5/c1-7(2)15-5-4-9-8(3)14-11-12-6-13-16(11)10(9)15/h6-7H,4-5H2,1-3H3. The Kier molecular flexibility index (Phi) is 1.89. The van der Waals surface area contributed by atoms with Crippen LogP contribution in [-0.2, 0) is 6.42 Å². The van der Waals surface area contributed by atoms with Crippen LogP contribution in [-0.4, -0.2) is 32.2 Å². The Balaban J connectivity index is 2.32. The lowest BCUT2D eigenvalue weighted by atomic mass is 10.2. The number of nitrogens with zero attached hydrogens (tertiary/aromatic N) is 5. The first kappa shape index (κ1) is 9.57. The molecule has 3 rings (SSSR count). The molecule has 0 bridgehead atoms. The van der Waals surface area contributed by atoms with Crippen LogP contribution in [0.5, 0.6) is 0 Å². The molecule has 0 N–H and O–H groups in total. The minimum Gasteiger partial charge on any atom is -0.353 e. The van der Waals surface area contributed by atoms with E-state index in [0.29, 0.717) is 11.8 Å². The van der Waals surface area contributed by atoms with Gasteiger partial charge in [-0.3, -0.25) is 0 Å². The van der Waals surface area contributed by atoms with Crippen LogP contribution in [0.4, 0.5) is 5.82 Å². The summed E-state index contributed by atoms with van der Waals surface area (Å²) in [5, 5.41) is 4.27. The Morgan fingerprint density at radius 3 is 2.94 bits per heavy atom. The highest BCUT2D eigenvalue weighted by Crippen LogP contribution is 2.30. The molecule has 0 saturated carbocycles. The van der Waals surface area contributed by atoms with E-state index in [2.05, 4.69) is 40.7 Å². The molecule has 0 amide bonds. The van der Waals surface area contributed by atoms with Crippen molar-refractivity contribution >= 4 is 11.6 Å². The van der Waals surface area contributed by atoms with Crippen LogP contribution in [0.2, 0.25) is 0 Å². The second-order valence-electron chi connectivity index (χ2n) is 4.51. The fraction of sp³-hybridized carbons (Fsp3) is 0.545. The van der Waals surface area contributed by atoms with Crippen molar-refractivity contribution in [1.82, 2.24) is 19.6 Å². The van der Waals surface area contributed by atoms with Gasteiger partial charge in [-0.2, -0.15) is 14.6 Å². The first-order valence-corrected chi connectivity index (χ1v) is 5.64. The lowest BCUT2D eigenvalue weighted by molar-refractivity contribution is 0.691. The molecular weight excluding hydrogens is 202 g/mol. The van der Waals surface area contributed by atoms with Crippen LogP contribution in [0, 0.1) is 6.92 Å². The van der Waals surface area contributed by atoms with Gasteiger partial charge in [0, 0.05) is 23.8 Å². The number of aromatic nitrogens is 4. The highest BCUT2D eigenvalue weighted by Gasteiger charge is 2.27. The van der Waals surface area contributed by atoms with Crippen LogP contribution < -0.4 is 4.90 Å². The molecule has 0 unspecified atom stereocenters. The number of hydrogen-bond donors (Lipinski definition) is 0. The van der Waals surface area contributed by atoms with E-state index in [1.165, 1.54) is 11.4 Å². The van der Waals surface area contributed by atoms with Crippen molar-refractivity contribution in [3.05, 3.63) is 17.6 Å². The quantitative estimate of drug-likeness (QED) is 0.720. The first-order valence-electron chi connectivity index (χ1n) is 5.64. The summed E-state index contributed by atoms with van der Waals surface area (Å²) >= 11 is 0. The summed E-state index contributed by atoms with van der Waals surface area (Å²) in [7, 11) is 0. The zero-order valence-electron chi connectivity index (χ0n) is 9.80. The number of aryl methyl sites for hydroxylation is 1. The summed E-state index contributed by atoms with van der Waals surface area (Å²) in [6.07, 6.45) is 2.63. The first-order chi connectivity index (χ1) is 7.68.